The third kappa shape index (κ3) is 4.14. The molecule has 30 heavy (non-hydrogen) atoms. The minimum Gasteiger partial charge on any atom is -0.497 e. The number of fused-ring (bicyclic) bond motifs is 1. The average Bonchev–Trinajstić information content (AvgIpc) is 2.79. The summed E-state index contributed by atoms with van der Waals surface area (Å²) in [5.41, 5.74) is 5.94. The molecule has 0 saturated carbocycles. The third-order valence-corrected chi connectivity index (χ3v) is 5.39. The summed E-state index contributed by atoms with van der Waals surface area (Å²) in [6.07, 6.45) is 3.81. The highest BCUT2D eigenvalue weighted by Gasteiger charge is 2.10. The molecule has 0 bridgehead atoms. The SMILES string of the molecule is COc1cccc(CNCc2ccc(-c3ccc(OC)c(C)c3)c3ccncc23)c1. The van der Waals surface area contributed by atoms with Crippen LogP contribution in [-0.2, 0) is 13.1 Å². The number of aromatic nitrogens is 1. The van der Waals surface area contributed by atoms with Crippen LogP contribution in [-0.4, -0.2) is 19.2 Å². The van der Waals surface area contributed by atoms with Crippen molar-refractivity contribution < 1.29 is 9.47 Å². The lowest BCUT2D eigenvalue weighted by molar-refractivity contribution is 0.412. The maximum Gasteiger partial charge on any atom is 0.121 e. The Balaban J connectivity index is 1.60. The van der Waals surface area contributed by atoms with Crippen LogP contribution < -0.4 is 14.8 Å². The van der Waals surface area contributed by atoms with E-state index in [1.807, 2.05) is 30.6 Å². The molecule has 1 aromatic heterocycles. The molecule has 0 aliphatic heterocycles. The van der Waals surface area contributed by atoms with E-state index in [4.69, 9.17) is 9.47 Å². The fourth-order valence-electron chi connectivity index (χ4n) is 3.82. The number of ether oxygens (including phenoxy) is 2. The van der Waals surface area contributed by atoms with Gasteiger partial charge in [-0.05, 0) is 70.5 Å². The van der Waals surface area contributed by atoms with Crippen LogP contribution in [0, 0.1) is 6.92 Å². The Bertz CT molecular complexity index is 1170. The van der Waals surface area contributed by atoms with E-state index in [-0.39, 0.29) is 0 Å². The molecule has 0 saturated heterocycles. The average molecular weight is 399 g/mol. The molecule has 1 heterocycles. The lowest BCUT2D eigenvalue weighted by Crippen LogP contribution is -2.13. The predicted octanol–water partition coefficient (Wildman–Crippen LogP) is 5.52. The van der Waals surface area contributed by atoms with Crippen molar-refractivity contribution in [2.45, 2.75) is 20.0 Å². The first kappa shape index (κ1) is 19.9. The molecule has 0 fully saturated rings. The number of aryl methyl sites for hydroxylation is 1. The van der Waals surface area contributed by atoms with Gasteiger partial charge in [0.15, 0.2) is 0 Å². The highest BCUT2D eigenvalue weighted by atomic mass is 16.5. The van der Waals surface area contributed by atoms with Crippen molar-refractivity contribution in [1.29, 1.82) is 0 Å². The van der Waals surface area contributed by atoms with Gasteiger partial charge in [-0.2, -0.15) is 0 Å². The summed E-state index contributed by atoms with van der Waals surface area (Å²) in [4.78, 5) is 4.38. The van der Waals surface area contributed by atoms with E-state index in [2.05, 4.69) is 59.7 Å². The minimum atomic E-state index is 0.765. The van der Waals surface area contributed by atoms with Gasteiger partial charge in [0.05, 0.1) is 14.2 Å². The van der Waals surface area contributed by atoms with E-state index in [0.717, 1.165) is 30.2 Å². The monoisotopic (exact) mass is 398 g/mol. The van der Waals surface area contributed by atoms with Crippen molar-refractivity contribution >= 4 is 10.8 Å². The second-order valence-corrected chi connectivity index (χ2v) is 7.33. The maximum atomic E-state index is 5.41. The highest BCUT2D eigenvalue weighted by molar-refractivity contribution is 5.98. The quantitative estimate of drug-likeness (QED) is 0.445. The molecule has 1 N–H and O–H groups in total. The first-order valence-electron chi connectivity index (χ1n) is 10.0. The maximum absolute atomic E-state index is 5.41. The zero-order chi connectivity index (χ0) is 20.9. The van der Waals surface area contributed by atoms with Crippen LogP contribution in [0.4, 0.5) is 0 Å². The van der Waals surface area contributed by atoms with E-state index < -0.39 is 0 Å². The van der Waals surface area contributed by atoms with E-state index in [1.54, 1.807) is 14.2 Å². The molecule has 0 aliphatic carbocycles. The Morgan fingerprint density at radius 2 is 1.77 bits per heavy atom. The molecule has 4 heteroatoms. The van der Waals surface area contributed by atoms with Crippen molar-refractivity contribution in [3.8, 4) is 22.6 Å². The van der Waals surface area contributed by atoms with E-state index in [9.17, 15) is 0 Å². The summed E-state index contributed by atoms with van der Waals surface area (Å²) in [6.45, 7) is 3.61. The normalized spacial score (nSPS) is 10.9. The van der Waals surface area contributed by atoms with Gasteiger partial charge in [0.1, 0.15) is 11.5 Å². The molecule has 0 atom stereocenters. The van der Waals surface area contributed by atoms with Crippen molar-refractivity contribution in [3.05, 3.63) is 89.7 Å². The summed E-state index contributed by atoms with van der Waals surface area (Å²) in [5, 5.41) is 5.92. The van der Waals surface area contributed by atoms with Crippen LogP contribution in [0.1, 0.15) is 16.7 Å². The predicted molar refractivity (Wildman–Crippen MR) is 122 cm³/mol. The van der Waals surface area contributed by atoms with Gasteiger partial charge in [-0.15, -0.1) is 0 Å². The molecule has 152 valence electrons. The van der Waals surface area contributed by atoms with Crippen LogP contribution in [0.5, 0.6) is 11.5 Å². The number of nitrogens with one attached hydrogen (secondary N) is 1. The van der Waals surface area contributed by atoms with Crippen LogP contribution in [0.3, 0.4) is 0 Å². The number of hydrogen-bond donors (Lipinski definition) is 1. The summed E-state index contributed by atoms with van der Waals surface area (Å²) in [5.74, 6) is 1.78. The molecule has 0 amide bonds. The second kappa shape index (κ2) is 8.97. The fourth-order valence-corrected chi connectivity index (χ4v) is 3.82. The van der Waals surface area contributed by atoms with E-state index >= 15 is 0 Å². The molecule has 4 aromatic rings. The zero-order valence-corrected chi connectivity index (χ0v) is 17.6. The van der Waals surface area contributed by atoms with E-state index in [0.29, 0.717) is 0 Å². The number of rotatable bonds is 7. The van der Waals surface area contributed by atoms with Crippen LogP contribution in [0.15, 0.2) is 73.1 Å². The Labute approximate surface area is 177 Å². The number of hydrogen-bond acceptors (Lipinski definition) is 4. The summed E-state index contributed by atoms with van der Waals surface area (Å²) < 4.78 is 10.7. The first-order chi connectivity index (χ1) is 14.7. The Kier molecular flexibility index (Phi) is 5.96. The standard InChI is InChI=1S/C26H26N2O2/c1-18-13-20(8-10-26(18)30-3)23-9-7-21(25-17-27-12-11-24(23)25)16-28-15-19-5-4-6-22(14-19)29-2/h4-14,17,28H,15-16H2,1-3H3. The van der Waals surface area contributed by atoms with Crippen molar-refractivity contribution in [2.24, 2.45) is 0 Å². The van der Waals surface area contributed by atoms with Gasteiger partial charge in [-0.25, -0.2) is 0 Å². The van der Waals surface area contributed by atoms with Crippen LogP contribution in [0.2, 0.25) is 0 Å². The molecule has 0 radical (unpaired) electrons. The number of nitrogens with zero attached hydrogens (tertiary/aromatic N) is 1. The lowest BCUT2D eigenvalue weighted by atomic mass is 9.95. The number of pyridine rings is 1. The molecule has 3 aromatic carbocycles. The topological polar surface area (TPSA) is 43.4 Å². The van der Waals surface area contributed by atoms with Gasteiger partial charge in [0.2, 0.25) is 0 Å². The largest absolute Gasteiger partial charge is 0.497 e. The third-order valence-electron chi connectivity index (χ3n) is 5.39. The van der Waals surface area contributed by atoms with Gasteiger partial charge in [0.25, 0.3) is 0 Å². The molecular formula is C26H26N2O2. The molecule has 4 rings (SSSR count). The Hall–Kier alpha value is -3.37. The van der Waals surface area contributed by atoms with Crippen LogP contribution >= 0.6 is 0 Å². The van der Waals surface area contributed by atoms with Gasteiger partial charge in [0, 0.05) is 30.9 Å². The Morgan fingerprint density at radius 1 is 0.867 bits per heavy atom. The van der Waals surface area contributed by atoms with Crippen LogP contribution in [0.25, 0.3) is 21.9 Å². The van der Waals surface area contributed by atoms with Gasteiger partial charge in [-0.1, -0.05) is 30.3 Å². The summed E-state index contributed by atoms with van der Waals surface area (Å²) in [7, 11) is 3.40. The fraction of sp³-hybridized carbons (Fsp3) is 0.192. The number of benzene rings is 3. The number of methoxy groups -OCH3 is 2. The zero-order valence-electron chi connectivity index (χ0n) is 17.6. The molecule has 0 unspecified atom stereocenters. The highest BCUT2D eigenvalue weighted by Crippen LogP contribution is 2.33. The summed E-state index contributed by atoms with van der Waals surface area (Å²) in [6, 6.07) is 20.9. The van der Waals surface area contributed by atoms with Crippen molar-refractivity contribution in [1.82, 2.24) is 10.3 Å². The van der Waals surface area contributed by atoms with Gasteiger partial charge >= 0.3 is 0 Å². The molecule has 0 aliphatic rings. The second-order valence-electron chi connectivity index (χ2n) is 7.33. The summed E-state index contributed by atoms with van der Waals surface area (Å²) >= 11 is 0. The minimum absolute atomic E-state index is 0.765. The van der Waals surface area contributed by atoms with Crippen molar-refractivity contribution in [2.75, 3.05) is 14.2 Å². The Morgan fingerprint density at radius 3 is 2.57 bits per heavy atom. The van der Waals surface area contributed by atoms with Gasteiger partial charge in [-0.3, -0.25) is 4.98 Å². The smallest absolute Gasteiger partial charge is 0.121 e. The van der Waals surface area contributed by atoms with E-state index in [1.165, 1.54) is 33.0 Å². The van der Waals surface area contributed by atoms with Crippen molar-refractivity contribution in [3.63, 3.8) is 0 Å². The lowest BCUT2D eigenvalue weighted by Gasteiger charge is -2.14. The molecular weight excluding hydrogens is 372 g/mol. The first-order valence-corrected chi connectivity index (χ1v) is 10.0. The molecule has 0 spiro atoms. The molecule has 4 nitrogen and oxygen atoms in total. The van der Waals surface area contributed by atoms with Gasteiger partial charge < -0.3 is 14.8 Å².